The van der Waals surface area contributed by atoms with Crippen LogP contribution >= 0.6 is 7.60 Å². The Kier molecular flexibility index (Phi) is 8.74. The minimum absolute atomic E-state index is 0. The Balaban J connectivity index is -0.000000500. The van der Waals surface area contributed by atoms with Crippen LogP contribution in [0.3, 0.4) is 0 Å². The summed E-state index contributed by atoms with van der Waals surface area (Å²) in [5.74, 6) is 0.186. The van der Waals surface area contributed by atoms with E-state index in [1.807, 2.05) is 13.8 Å². The molecule has 1 amide bonds. The smallest absolute Gasteiger partial charge is 1.00 e. The number of carbonyl (C=O) groups is 1. The van der Waals surface area contributed by atoms with Gasteiger partial charge in [-0.1, -0.05) is 13.8 Å². The Morgan fingerprint density at radius 1 is 1.58 bits per heavy atom. The minimum Gasteiger partial charge on any atom is -1.00 e. The molecule has 68 valence electrons. The van der Waals surface area contributed by atoms with Crippen molar-refractivity contribution in [1.29, 1.82) is 0 Å². The first-order valence-electron chi connectivity index (χ1n) is 3.18. The Labute approximate surface area is 115 Å². The van der Waals surface area contributed by atoms with E-state index in [1.165, 1.54) is 0 Å². The van der Waals surface area contributed by atoms with Crippen LogP contribution in [0.15, 0.2) is 0 Å². The van der Waals surface area contributed by atoms with Crippen molar-refractivity contribution in [3.63, 3.8) is 0 Å². The molecule has 0 aliphatic carbocycles. The number of nitrogens with one attached hydrogen (secondary N) is 1. The van der Waals surface area contributed by atoms with Crippen LogP contribution in [0.5, 0.6) is 0 Å². The molecule has 0 unspecified atom stereocenters. The van der Waals surface area contributed by atoms with Gasteiger partial charge in [0.1, 0.15) is 0 Å². The van der Waals surface area contributed by atoms with Crippen LogP contribution in [0.25, 0.3) is 0 Å². The summed E-state index contributed by atoms with van der Waals surface area (Å²) in [6, 6.07) is 0. The zero-order chi connectivity index (χ0) is 9.07. The summed E-state index contributed by atoms with van der Waals surface area (Å²) in [5, 5.41) is 2.12. The van der Waals surface area contributed by atoms with E-state index >= 15 is 0 Å². The summed E-state index contributed by atoms with van der Waals surface area (Å²) >= 11 is 0. The Morgan fingerprint density at radius 2 is 2.00 bits per heavy atom. The third-order valence-corrected chi connectivity index (χ3v) is 1.61. The van der Waals surface area contributed by atoms with Crippen LogP contribution in [0, 0.1) is 5.92 Å². The van der Waals surface area contributed by atoms with Gasteiger partial charge in [-0.25, -0.2) is 4.57 Å². The first kappa shape index (κ1) is 15.7. The van der Waals surface area contributed by atoms with Crippen LogP contribution in [-0.2, 0) is 4.57 Å². The predicted molar refractivity (Wildman–Crippen MR) is 41.4 cm³/mol. The monoisotopic (exact) mass is 221 g/mol. The van der Waals surface area contributed by atoms with Gasteiger partial charge in [-0.2, -0.15) is 0 Å². The maximum absolute atomic E-state index is 10.5. The fraction of sp³-hybridized carbons (Fsp3) is 0.800. The van der Waals surface area contributed by atoms with Gasteiger partial charge in [0.2, 0.25) is 0 Å². The third-order valence-electron chi connectivity index (χ3n) is 0.926. The SMILES string of the molecule is CC(C)CNC(=O)P(=O)(O)O.[H-].[K+]. The first-order valence-corrected chi connectivity index (χ1v) is 4.79. The number of rotatable bonds is 3. The maximum atomic E-state index is 10.5. The molecule has 0 saturated carbocycles. The molecule has 0 aromatic heterocycles. The van der Waals surface area contributed by atoms with E-state index in [0.29, 0.717) is 0 Å². The van der Waals surface area contributed by atoms with E-state index in [0.717, 1.165) is 0 Å². The molecule has 0 aromatic rings. The molecule has 0 aliphatic rings. The second-order valence-electron chi connectivity index (χ2n) is 2.62. The second kappa shape index (κ2) is 6.67. The van der Waals surface area contributed by atoms with E-state index in [1.54, 1.807) is 0 Å². The standard InChI is InChI=1S/C5H12NO4P.K.H/c1-4(2)3-6-5(7)11(8,9)10;;/h4H,3H2,1-2H3,(H,6,7)(H2,8,9,10);;/q;+1;-1. The predicted octanol–water partition coefficient (Wildman–Crippen LogP) is -2.35. The molecule has 0 saturated heterocycles. The van der Waals surface area contributed by atoms with Gasteiger partial charge in [0.15, 0.2) is 0 Å². The van der Waals surface area contributed by atoms with Crippen molar-refractivity contribution in [2.45, 2.75) is 13.8 Å². The zero-order valence-electron chi connectivity index (χ0n) is 8.44. The van der Waals surface area contributed by atoms with E-state index in [4.69, 9.17) is 9.79 Å². The summed E-state index contributed by atoms with van der Waals surface area (Å²) < 4.78 is 10.2. The molecule has 0 rings (SSSR count). The Hall–Kier alpha value is 1.26. The average Bonchev–Trinajstić information content (AvgIpc) is 1.80. The minimum atomic E-state index is -4.56. The van der Waals surface area contributed by atoms with Gasteiger partial charge in [0.05, 0.1) is 0 Å². The van der Waals surface area contributed by atoms with Crippen molar-refractivity contribution in [2.24, 2.45) is 5.92 Å². The molecule has 3 N–H and O–H groups in total. The summed E-state index contributed by atoms with van der Waals surface area (Å²) in [7, 11) is -4.56. The number of hydrogen-bond donors (Lipinski definition) is 3. The van der Waals surface area contributed by atoms with Crippen LogP contribution in [0.4, 0.5) is 4.79 Å². The van der Waals surface area contributed by atoms with Crippen LogP contribution in [0.1, 0.15) is 15.3 Å². The van der Waals surface area contributed by atoms with Gasteiger partial charge >= 0.3 is 64.6 Å². The van der Waals surface area contributed by atoms with E-state index in [-0.39, 0.29) is 65.3 Å². The number of hydrogen-bond acceptors (Lipinski definition) is 2. The van der Waals surface area contributed by atoms with E-state index < -0.39 is 13.2 Å². The van der Waals surface area contributed by atoms with Gasteiger partial charge in [-0.15, -0.1) is 0 Å². The molecule has 0 bridgehead atoms. The molecule has 0 aliphatic heterocycles. The quantitative estimate of drug-likeness (QED) is 0.368. The molecule has 0 fully saturated rings. The number of amides is 1. The summed E-state index contributed by atoms with van der Waals surface area (Å²) in [6.45, 7) is 3.95. The molecule has 12 heavy (non-hydrogen) atoms. The molecule has 0 atom stereocenters. The van der Waals surface area contributed by atoms with Gasteiger partial charge in [-0.05, 0) is 5.92 Å². The van der Waals surface area contributed by atoms with E-state index in [2.05, 4.69) is 5.32 Å². The van der Waals surface area contributed by atoms with Crippen LogP contribution in [0.2, 0.25) is 0 Å². The van der Waals surface area contributed by atoms with Crippen molar-refractivity contribution in [2.75, 3.05) is 6.54 Å². The summed E-state index contributed by atoms with van der Waals surface area (Å²) in [4.78, 5) is 27.1. The van der Waals surface area contributed by atoms with Gasteiger partial charge in [0, 0.05) is 6.54 Å². The number of carbonyl (C=O) groups excluding carboxylic acids is 1. The fourth-order valence-corrected chi connectivity index (χ4v) is 0.692. The van der Waals surface area contributed by atoms with Crippen molar-refractivity contribution in [3.8, 4) is 0 Å². The molecular weight excluding hydrogens is 208 g/mol. The largest absolute Gasteiger partial charge is 1.00 e. The van der Waals surface area contributed by atoms with Gasteiger partial charge in [0.25, 0.3) is 0 Å². The normalized spacial score (nSPS) is 10.8. The molecule has 7 heteroatoms. The topological polar surface area (TPSA) is 86.6 Å². The van der Waals surface area contributed by atoms with Crippen molar-refractivity contribution in [3.05, 3.63) is 0 Å². The molecule has 0 spiro atoms. The van der Waals surface area contributed by atoms with Crippen molar-refractivity contribution in [1.82, 2.24) is 5.32 Å². The van der Waals surface area contributed by atoms with Crippen molar-refractivity contribution >= 4 is 13.2 Å². The molecule has 0 heterocycles. The Morgan fingerprint density at radius 3 is 2.25 bits per heavy atom. The Bertz CT molecular complexity index is 195. The third kappa shape index (κ3) is 7.88. The molecule has 0 radical (unpaired) electrons. The first-order chi connectivity index (χ1) is 4.84. The summed E-state index contributed by atoms with van der Waals surface area (Å²) in [6.07, 6.45) is 0. The van der Waals surface area contributed by atoms with Crippen LogP contribution < -0.4 is 56.7 Å². The van der Waals surface area contributed by atoms with Gasteiger partial charge in [-0.3, -0.25) is 4.79 Å². The van der Waals surface area contributed by atoms with Crippen LogP contribution in [-0.4, -0.2) is 22.0 Å². The summed E-state index contributed by atoms with van der Waals surface area (Å²) in [5.41, 5.74) is -1.20. The molecule has 5 nitrogen and oxygen atoms in total. The van der Waals surface area contributed by atoms with Crippen molar-refractivity contribution < 1.29 is 72.0 Å². The second-order valence-corrected chi connectivity index (χ2v) is 4.12. The maximum Gasteiger partial charge on any atom is 1.00 e. The molecule has 0 aromatic carbocycles. The van der Waals surface area contributed by atoms with E-state index in [9.17, 15) is 9.36 Å². The average molecular weight is 221 g/mol. The molecular formula is C5H13KNO4P. The fourth-order valence-electron chi connectivity index (χ4n) is 0.394. The van der Waals surface area contributed by atoms with Gasteiger partial charge < -0.3 is 16.5 Å². The zero-order valence-corrected chi connectivity index (χ0v) is 11.5.